The molecule has 0 fully saturated rings. The van der Waals surface area contributed by atoms with Crippen LogP contribution in [0.2, 0.25) is 0 Å². The number of halogens is 1. The summed E-state index contributed by atoms with van der Waals surface area (Å²) in [6.07, 6.45) is 2.73. The molecule has 2 nitrogen and oxygen atoms in total. The number of anilines is 1. The Morgan fingerprint density at radius 2 is 2.36 bits per heavy atom. The van der Waals surface area contributed by atoms with Crippen molar-refractivity contribution in [2.75, 3.05) is 11.9 Å². The lowest BCUT2D eigenvalue weighted by molar-refractivity contribution is 1.07. The van der Waals surface area contributed by atoms with Crippen LogP contribution in [0.15, 0.2) is 35.3 Å². The molecule has 0 saturated carbocycles. The van der Waals surface area contributed by atoms with Crippen molar-refractivity contribution in [2.45, 2.75) is 6.42 Å². The summed E-state index contributed by atoms with van der Waals surface area (Å²) in [6, 6.07) is 7.76. The van der Waals surface area contributed by atoms with E-state index in [4.69, 9.17) is 5.26 Å². The minimum atomic E-state index is 0.656. The van der Waals surface area contributed by atoms with Crippen LogP contribution in [0.25, 0.3) is 0 Å². The van der Waals surface area contributed by atoms with Gasteiger partial charge in [-0.1, -0.05) is 22.0 Å². The van der Waals surface area contributed by atoms with Gasteiger partial charge in [-0.15, -0.1) is 6.58 Å². The maximum atomic E-state index is 8.87. The van der Waals surface area contributed by atoms with Gasteiger partial charge >= 0.3 is 0 Å². The zero-order chi connectivity index (χ0) is 10.4. The van der Waals surface area contributed by atoms with Crippen molar-refractivity contribution in [3.05, 3.63) is 40.9 Å². The second-order valence-corrected chi connectivity index (χ2v) is 3.72. The molecule has 0 spiro atoms. The Balaban J connectivity index is 2.76. The van der Waals surface area contributed by atoms with Gasteiger partial charge in [-0.25, -0.2) is 0 Å². The highest BCUT2D eigenvalue weighted by Crippen LogP contribution is 2.19. The van der Waals surface area contributed by atoms with Crippen molar-refractivity contribution in [3.63, 3.8) is 0 Å². The molecule has 72 valence electrons. The number of nitriles is 1. The molecule has 0 heterocycles. The molecule has 0 atom stereocenters. The van der Waals surface area contributed by atoms with Crippen LogP contribution < -0.4 is 5.32 Å². The molecule has 0 bridgehead atoms. The fourth-order valence-corrected chi connectivity index (χ4v) is 1.43. The quantitative estimate of drug-likeness (QED) is 0.658. The predicted molar refractivity (Wildman–Crippen MR) is 62.2 cm³/mol. The number of rotatable bonds is 4. The van der Waals surface area contributed by atoms with Crippen LogP contribution in [0, 0.1) is 11.3 Å². The average molecular weight is 251 g/mol. The van der Waals surface area contributed by atoms with Crippen molar-refractivity contribution in [1.29, 1.82) is 5.26 Å². The van der Waals surface area contributed by atoms with Crippen molar-refractivity contribution in [3.8, 4) is 6.07 Å². The predicted octanol–water partition coefficient (Wildman–Crippen LogP) is 3.31. The topological polar surface area (TPSA) is 35.8 Å². The van der Waals surface area contributed by atoms with Gasteiger partial charge in [-0.05, 0) is 24.6 Å². The summed E-state index contributed by atoms with van der Waals surface area (Å²) in [7, 11) is 0. The maximum absolute atomic E-state index is 8.87. The Bertz CT molecular complexity index is 366. The van der Waals surface area contributed by atoms with E-state index in [1.165, 1.54) is 0 Å². The summed E-state index contributed by atoms with van der Waals surface area (Å²) in [4.78, 5) is 0. The standard InChI is InChI=1S/C11H11BrN2/c1-2-3-6-14-11-5-4-10(12)7-9(11)8-13/h2,4-5,7,14H,1,3,6H2. The summed E-state index contributed by atoms with van der Waals surface area (Å²) in [5, 5.41) is 12.0. The van der Waals surface area contributed by atoms with Crippen molar-refractivity contribution in [2.24, 2.45) is 0 Å². The summed E-state index contributed by atoms with van der Waals surface area (Å²) < 4.78 is 0.920. The van der Waals surface area contributed by atoms with Gasteiger partial charge in [0.15, 0.2) is 0 Å². The lowest BCUT2D eigenvalue weighted by atomic mass is 10.2. The maximum Gasteiger partial charge on any atom is 0.101 e. The highest BCUT2D eigenvalue weighted by Gasteiger charge is 2.00. The molecular weight excluding hydrogens is 240 g/mol. The van der Waals surface area contributed by atoms with Gasteiger partial charge in [0.05, 0.1) is 11.3 Å². The third-order valence-corrected chi connectivity index (χ3v) is 2.26. The van der Waals surface area contributed by atoms with Crippen LogP contribution in [0.1, 0.15) is 12.0 Å². The Hall–Kier alpha value is -1.27. The van der Waals surface area contributed by atoms with Crippen molar-refractivity contribution < 1.29 is 0 Å². The Labute approximate surface area is 92.4 Å². The molecule has 0 aliphatic heterocycles. The molecule has 1 aromatic rings. The number of nitrogens with one attached hydrogen (secondary N) is 1. The fraction of sp³-hybridized carbons (Fsp3) is 0.182. The zero-order valence-corrected chi connectivity index (χ0v) is 9.34. The fourth-order valence-electron chi connectivity index (χ4n) is 1.07. The minimum absolute atomic E-state index is 0.656. The first-order chi connectivity index (χ1) is 6.77. The van der Waals surface area contributed by atoms with E-state index in [1.54, 1.807) is 6.07 Å². The van der Waals surface area contributed by atoms with Crippen LogP contribution in [0.3, 0.4) is 0 Å². The van der Waals surface area contributed by atoms with Gasteiger partial charge in [-0.3, -0.25) is 0 Å². The van der Waals surface area contributed by atoms with Gasteiger partial charge in [-0.2, -0.15) is 5.26 Å². The molecule has 1 N–H and O–H groups in total. The van der Waals surface area contributed by atoms with Gasteiger partial charge in [0.25, 0.3) is 0 Å². The van der Waals surface area contributed by atoms with Gasteiger partial charge < -0.3 is 5.32 Å². The van der Waals surface area contributed by atoms with Crippen LogP contribution in [0.4, 0.5) is 5.69 Å². The van der Waals surface area contributed by atoms with Crippen molar-refractivity contribution >= 4 is 21.6 Å². The lowest BCUT2D eigenvalue weighted by Gasteiger charge is -2.06. The summed E-state index contributed by atoms with van der Waals surface area (Å²) in [5.74, 6) is 0. The molecule has 14 heavy (non-hydrogen) atoms. The van der Waals surface area contributed by atoms with E-state index in [1.807, 2.05) is 18.2 Å². The molecule has 0 aliphatic carbocycles. The second kappa shape index (κ2) is 5.46. The molecule has 1 rings (SSSR count). The molecule has 0 unspecified atom stereocenters. The SMILES string of the molecule is C=CCCNc1ccc(Br)cc1C#N. The van der Waals surface area contributed by atoms with Crippen molar-refractivity contribution in [1.82, 2.24) is 0 Å². The normalized spacial score (nSPS) is 9.14. The Morgan fingerprint density at radius 1 is 1.57 bits per heavy atom. The highest BCUT2D eigenvalue weighted by atomic mass is 79.9. The first-order valence-electron chi connectivity index (χ1n) is 4.32. The summed E-state index contributed by atoms with van der Waals surface area (Å²) in [6.45, 7) is 4.44. The number of hydrogen-bond donors (Lipinski definition) is 1. The Kier molecular flexibility index (Phi) is 4.21. The first kappa shape index (κ1) is 10.8. The molecule has 3 heteroatoms. The zero-order valence-electron chi connectivity index (χ0n) is 7.76. The van der Waals surface area contributed by atoms with Crippen LogP contribution >= 0.6 is 15.9 Å². The number of hydrogen-bond acceptors (Lipinski definition) is 2. The van der Waals surface area contributed by atoms with Crippen LogP contribution in [0.5, 0.6) is 0 Å². The molecule has 1 aromatic carbocycles. The lowest BCUT2D eigenvalue weighted by Crippen LogP contribution is -2.01. The van der Waals surface area contributed by atoms with Gasteiger partial charge in [0.2, 0.25) is 0 Å². The smallest absolute Gasteiger partial charge is 0.101 e. The molecule has 0 aliphatic rings. The molecular formula is C11H11BrN2. The average Bonchev–Trinajstić information content (AvgIpc) is 2.20. The third kappa shape index (κ3) is 2.90. The molecule has 0 amide bonds. The number of benzene rings is 1. The monoisotopic (exact) mass is 250 g/mol. The van der Waals surface area contributed by atoms with E-state index >= 15 is 0 Å². The summed E-state index contributed by atoms with van der Waals surface area (Å²) in [5.41, 5.74) is 1.53. The van der Waals surface area contributed by atoms with E-state index in [9.17, 15) is 0 Å². The largest absolute Gasteiger partial charge is 0.384 e. The molecule has 0 aromatic heterocycles. The van der Waals surface area contributed by atoms with E-state index in [2.05, 4.69) is 33.9 Å². The first-order valence-corrected chi connectivity index (χ1v) is 5.11. The molecule has 0 radical (unpaired) electrons. The van der Waals surface area contributed by atoms with Crippen LogP contribution in [-0.4, -0.2) is 6.54 Å². The van der Waals surface area contributed by atoms with E-state index < -0.39 is 0 Å². The van der Waals surface area contributed by atoms with Gasteiger partial charge in [0, 0.05) is 11.0 Å². The number of nitrogens with zero attached hydrogens (tertiary/aromatic N) is 1. The van der Waals surface area contributed by atoms with E-state index in [0.717, 1.165) is 23.1 Å². The highest BCUT2D eigenvalue weighted by molar-refractivity contribution is 9.10. The third-order valence-electron chi connectivity index (χ3n) is 1.77. The minimum Gasteiger partial charge on any atom is -0.384 e. The Morgan fingerprint density at radius 3 is 3.00 bits per heavy atom. The van der Waals surface area contributed by atoms with E-state index in [-0.39, 0.29) is 0 Å². The molecule has 0 saturated heterocycles. The van der Waals surface area contributed by atoms with E-state index in [0.29, 0.717) is 5.56 Å². The van der Waals surface area contributed by atoms with Gasteiger partial charge in [0.1, 0.15) is 6.07 Å². The van der Waals surface area contributed by atoms with Crippen LogP contribution in [-0.2, 0) is 0 Å². The summed E-state index contributed by atoms with van der Waals surface area (Å²) >= 11 is 3.32. The second-order valence-electron chi connectivity index (χ2n) is 2.81.